The predicted molar refractivity (Wildman–Crippen MR) is 146 cm³/mol. The molecule has 9 nitrogen and oxygen atoms in total. The molecule has 0 radical (unpaired) electrons. The standard InChI is InChI=1S/C28H28N6O3S/c1-17-11-23(31-16-30-17)21-6-3-7-22(32-21)24-14-38-27(33-24)34-25(36)13-29-26(37)19-9-8-18-5-4-10-28(2,15-35)20(18)12-19/h3,6-9,11-12,14,16,35H,4-5,10,13,15H2,1-2H3,(H,29,37)(H,33,34,36)/t28-/m0/s1. The maximum Gasteiger partial charge on any atom is 0.251 e. The van der Waals surface area contributed by atoms with Crippen LogP contribution in [-0.4, -0.2) is 50.0 Å². The first-order valence-electron chi connectivity index (χ1n) is 12.4. The van der Waals surface area contributed by atoms with E-state index in [9.17, 15) is 14.7 Å². The zero-order valence-electron chi connectivity index (χ0n) is 21.2. The molecule has 0 saturated carbocycles. The molecule has 1 aliphatic carbocycles. The molecular formula is C28H28N6O3S. The summed E-state index contributed by atoms with van der Waals surface area (Å²) in [7, 11) is 0. The molecule has 2 amide bonds. The first kappa shape index (κ1) is 25.6. The van der Waals surface area contributed by atoms with Crippen molar-refractivity contribution >= 4 is 28.3 Å². The number of rotatable bonds is 7. The van der Waals surface area contributed by atoms with E-state index < -0.39 is 0 Å². The number of pyridine rings is 1. The Kier molecular flexibility index (Phi) is 7.26. The molecule has 3 heterocycles. The number of aryl methyl sites for hydroxylation is 2. The zero-order valence-corrected chi connectivity index (χ0v) is 22.0. The van der Waals surface area contributed by atoms with Gasteiger partial charge in [-0.15, -0.1) is 11.3 Å². The predicted octanol–water partition coefficient (Wildman–Crippen LogP) is 3.93. The number of carbonyl (C=O) groups is 2. The highest BCUT2D eigenvalue weighted by Crippen LogP contribution is 2.37. The number of hydrogen-bond donors (Lipinski definition) is 3. The van der Waals surface area contributed by atoms with Crippen LogP contribution in [0.25, 0.3) is 22.8 Å². The normalized spacial score (nSPS) is 16.5. The van der Waals surface area contributed by atoms with Gasteiger partial charge in [-0.3, -0.25) is 9.59 Å². The molecule has 1 aromatic carbocycles. The van der Waals surface area contributed by atoms with Crippen LogP contribution in [0.3, 0.4) is 0 Å². The Morgan fingerprint density at radius 1 is 1.05 bits per heavy atom. The van der Waals surface area contributed by atoms with Crippen molar-refractivity contribution in [3.05, 3.63) is 76.6 Å². The van der Waals surface area contributed by atoms with Gasteiger partial charge in [0, 0.05) is 22.1 Å². The quantitative estimate of drug-likeness (QED) is 0.331. The second-order valence-corrected chi connectivity index (χ2v) is 10.5. The number of amides is 2. The maximum atomic E-state index is 12.8. The van der Waals surface area contributed by atoms with Gasteiger partial charge in [-0.2, -0.15) is 0 Å². The van der Waals surface area contributed by atoms with Crippen LogP contribution in [0.5, 0.6) is 0 Å². The number of anilines is 1. The monoisotopic (exact) mass is 528 g/mol. The molecule has 10 heteroatoms. The summed E-state index contributed by atoms with van der Waals surface area (Å²) in [6, 6.07) is 13.0. The second-order valence-electron chi connectivity index (χ2n) is 9.67. The molecule has 1 atom stereocenters. The fourth-order valence-electron chi connectivity index (χ4n) is 4.65. The van der Waals surface area contributed by atoms with Gasteiger partial charge in [0.15, 0.2) is 5.13 Å². The van der Waals surface area contributed by atoms with Gasteiger partial charge in [-0.25, -0.2) is 19.9 Å². The van der Waals surface area contributed by atoms with E-state index in [1.807, 2.05) is 55.6 Å². The number of hydrogen-bond acceptors (Lipinski definition) is 8. The van der Waals surface area contributed by atoms with E-state index in [4.69, 9.17) is 0 Å². The van der Waals surface area contributed by atoms with E-state index in [0.717, 1.165) is 41.8 Å². The highest BCUT2D eigenvalue weighted by Gasteiger charge is 2.32. The first-order valence-corrected chi connectivity index (χ1v) is 13.3. The van der Waals surface area contributed by atoms with Crippen LogP contribution < -0.4 is 10.6 Å². The number of nitrogens with zero attached hydrogens (tertiary/aromatic N) is 4. The van der Waals surface area contributed by atoms with Gasteiger partial charge >= 0.3 is 0 Å². The average molecular weight is 529 g/mol. The van der Waals surface area contributed by atoms with E-state index in [1.165, 1.54) is 17.7 Å². The smallest absolute Gasteiger partial charge is 0.251 e. The van der Waals surface area contributed by atoms with Crippen molar-refractivity contribution in [2.45, 2.75) is 38.5 Å². The lowest BCUT2D eigenvalue weighted by atomic mass is 9.71. The van der Waals surface area contributed by atoms with Gasteiger partial charge in [0.1, 0.15) is 12.0 Å². The lowest BCUT2D eigenvalue weighted by Crippen LogP contribution is -2.34. The highest BCUT2D eigenvalue weighted by molar-refractivity contribution is 7.14. The van der Waals surface area contributed by atoms with Crippen LogP contribution in [-0.2, 0) is 16.6 Å². The molecule has 194 valence electrons. The van der Waals surface area contributed by atoms with Crippen LogP contribution in [0.15, 0.2) is 54.2 Å². The summed E-state index contributed by atoms with van der Waals surface area (Å²) in [6.07, 6.45) is 4.33. The molecule has 0 unspecified atom stereocenters. The third kappa shape index (κ3) is 5.46. The Bertz CT molecular complexity index is 1500. The van der Waals surface area contributed by atoms with Crippen molar-refractivity contribution in [2.24, 2.45) is 0 Å². The Balaban J connectivity index is 1.21. The minimum absolute atomic E-state index is 0.0311. The highest BCUT2D eigenvalue weighted by atomic mass is 32.1. The molecular weight excluding hydrogens is 500 g/mol. The molecule has 3 aromatic heterocycles. The van der Waals surface area contributed by atoms with E-state index in [0.29, 0.717) is 27.8 Å². The van der Waals surface area contributed by atoms with Crippen LogP contribution in [0.4, 0.5) is 5.13 Å². The molecule has 38 heavy (non-hydrogen) atoms. The molecule has 4 aromatic rings. The van der Waals surface area contributed by atoms with E-state index in [2.05, 4.69) is 30.6 Å². The van der Waals surface area contributed by atoms with E-state index >= 15 is 0 Å². The number of carbonyl (C=O) groups excluding carboxylic acids is 2. The molecule has 1 aliphatic rings. The number of aliphatic hydroxyl groups is 1. The lowest BCUT2D eigenvalue weighted by molar-refractivity contribution is -0.115. The van der Waals surface area contributed by atoms with Crippen molar-refractivity contribution < 1.29 is 14.7 Å². The molecule has 0 bridgehead atoms. The second kappa shape index (κ2) is 10.8. The number of aliphatic hydroxyl groups excluding tert-OH is 1. The largest absolute Gasteiger partial charge is 0.395 e. The summed E-state index contributed by atoms with van der Waals surface area (Å²) >= 11 is 1.28. The molecule has 0 saturated heterocycles. The summed E-state index contributed by atoms with van der Waals surface area (Å²) in [4.78, 5) is 42.8. The van der Waals surface area contributed by atoms with Gasteiger partial charge in [-0.05, 0) is 67.6 Å². The Hall–Kier alpha value is -4.02. The number of aromatic nitrogens is 4. The summed E-state index contributed by atoms with van der Waals surface area (Å²) in [5, 5.41) is 17.6. The number of thiazole rings is 1. The van der Waals surface area contributed by atoms with Crippen LogP contribution >= 0.6 is 11.3 Å². The van der Waals surface area contributed by atoms with Crippen molar-refractivity contribution in [3.8, 4) is 22.8 Å². The van der Waals surface area contributed by atoms with Crippen molar-refractivity contribution in [2.75, 3.05) is 18.5 Å². The summed E-state index contributed by atoms with van der Waals surface area (Å²) in [5.41, 5.74) is 5.85. The third-order valence-corrected chi connectivity index (χ3v) is 7.54. The molecule has 0 fully saturated rings. The Morgan fingerprint density at radius 3 is 2.66 bits per heavy atom. The van der Waals surface area contributed by atoms with Crippen molar-refractivity contribution in [1.29, 1.82) is 0 Å². The zero-order chi connectivity index (χ0) is 26.7. The average Bonchev–Trinajstić information content (AvgIpc) is 3.40. The Labute approximate surface area is 224 Å². The van der Waals surface area contributed by atoms with Gasteiger partial charge < -0.3 is 15.7 Å². The van der Waals surface area contributed by atoms with Crippen molar-refractivity contribution in [1.82, 2.24) is 25.3 Å². The Morgan fingerprint density at radius 2 is 1.87 bits per heavy atom. The maximum absolute atomic E-state index is 12.8. The molecule has 5 rings (SSSR count). The molecule has 0 spiro atoms. The fourth-order valence-corrected chi connectivity index (χ4v) is 5.38. The van der Waals surface area contributed by atoms with Gasteiger partial charge in [0.2, 0.25) is 5.91 Å². The van der Waals surface area contributed by atoms with Crippen molar-refractivity contribution in [3.63, 3.8) is 0 Å². The van der Waals surface area contributed by atoms with Crippen LogP contribution in [0.1, 0.15) is 46.9 Å². The topological polar surface area (TPSA) is 130 Å². The number of benzene rings is 1. The minimum Gasteiger partial charge on any atom is -0.395 e. The molecule has 3 N–H and O–H groups in total. The van der Waals surface area contributed by atoms with E-state index in [1.54, 1.807) is 6.07 Å². The summed E-state index contributed by atoms with van der Waals surface area (Å²) < 4.78 is 0. The summed E-state index contributed by atoms with van der Waals surface area (Å²) in [6.45, 7) is 3.75. The molecule has 0 aliphatic heterocycles. The van der Waals surface area contributed by atoms with Crippen LogP contribution in [0, 0.1) is 6.92 Å². The van der Waals surface area contributed by atoms with Gasteiger partial charge in [0.25, 0.3) is 5.91 Å². The SMILES string of the molecule is Cc1cc(-c2cccc(-c3csc(NC(=O)CNC(=O)c4ccc5c(c4)[C@](C)(CO)CCC5)n3)n2)ncn1. The van der Waals surface area contributed by atoms with Crippen LogP contribution in [0.2, 0.25) is 0 Å². The minimum atomic E-state index is -0.379. The number of fused-ring (bicyclic) bond motifs is 1. The number of nitrogens with one attached hydrogen (secondary N) is 2. The van der Waals surface area contributed by atoms with Gasteiger partial charge in [0.05, 0.1) is 30.2 Å². The van der Waals surface area contributed by atoms with Gasteiger partial charge in [-0.1, -0.05) is 19.1 Å². The third-order valence-electron chi connectivity index (χ3n) is 6.78. The van der Waals surface area contributed by atoms with E-state index in [-0.39, 0.29) is 30.4 Å². The fraction of sp³-hybridized carbons (Fsp3) is 0.286. The summed E-state index contributed by atoms with van der Waals surface area (Å²) in [5.74, 6) is -0.717. The lowest BCUT2D eigenvalue weighted by Gasteiger charge is -2.34. The first-order chi connectivity index (χ1) is 18.3.